The third-order valence-electron chi connectivity index (χ3n) is 3.28. The second kappa shape index (κ2) is 5.30. The van der Waals surface area contributed by atoms with Gasteiger partial charge in [0.05, 0.1) is 0 Å². The molecule has 0 aliphatic heterocycles. The number of carbonyl (C=O) groups is 2. The molecular weight excluding hydrogens is 208 g/mol. The molecule has 0 saturated heterocycles. The first-order chi connectivity index (χ1) is 7.52. The molecule has 1 amide bonds. The van der Waals surface area contributed by atoms with E-state index >= 15 is 0 Å². The van der Waals surface area contributed by atoms with Crippen LogP contribution in [0.15, 0.2) is 0 Å². The highest BCUT2D eigenvalue weighted by Crippen LogP contribution is 2.30. The number of amides is 1. The standard InChI is InChI=1S/C11H20N2O3/c1-8(4-7-12)9(14)13-11(10(15)16)5-2-3-6-11/h8H,2-7,12H2,1H3,(H,13,14)(H,15,16). The van der Waals surface area contributed by atoms with Crippen molar-refractivity contribution in [3.8, 4) is 0 Å². The van der Waals surface area contributed by atoms with E-state index in [9.17, 15) is 14.7 Å². The number of hydrogen-bond donors (Lipinski definition) is 3. The van der Waals surface area contributed by atoms with Gasteiger partial charge in [-0.2, -0.15) is 0 Å². The Hall–Kier alpha value is -1.10. The Morgan fingerprint density at radius 2 is 2.00 bits per heavy atom. The summed E-state index contributed by atoms with van der Waals surface area (Å²) in [6, 6.07) is 0. The van der Waals surface area contributed by atoms with Crippen molar-refractivity contribution in [1.29, 1.82) is 0 Å². The van der Waals surface area contributed by atoms with Crippen molar-refractivity contribution in [3.05, 3.63) is 0 Å². The van der Waals surface area contributed by atoms with Crippen molar-refractivity contribution in [2.75, 3.05) is 6.54 Å². The maximum absolute atomic E-state index is 11.8. The number of carbonyl (C=O) groups excluding carboxylic acids is 1. The smallest absolute Gasteiger partial charge is 0.329 e. The summed E-state index contributed by atoms with van der Waals surface area (Å²) in [6.45, 7) is 2.21. The lowest BCUT2D eigenvalue weighted by molar-refractivity contribution is -0.148. The number of nitrogens with two attached hydrogens (primary N) is 1. The van der Waals surface area contributed by atoms with E-state index in [1.54, 1.807) is 6.92 Å². The predicted molar refractivity (Wildman–Crippen MR) is 59.8 cm³/mol. The number of rotatable bonds is 5. The fourth-order valence-electron chi connectivity index (χ4n) is 2.11. The number of nitrogens with one attached hydrogen (secondary N) is 1. The van der Waals surface area contributed by atoms with Gasteiger partial charge in [0.2, 0.25) is 5.91 Å². The van der Waals surface area contributed by atoms with E-state index < -0.39 is 11.5 Å². The average molecular weight is 228 g/mol. The summed E-state index contributed by atoms with van der Waals surface area (Å²) in [6.07, 6.45) is 3.37. The maximum Gasteiger partial charge on any atom is 0.329 e. The summed E-state index contributed by atoms with van der Waals surface area (Å²) >= 11 is 0. The predicted octanol–water partition coefficient (Wildman–Crippen LogP) is 0.485. The monoisotopic (exact) mass is 228 g/mol. The first-order valence-corrected chi connectivity index (χ1v) is 5.77. The molecule has 1 atom stereocenters. The van der Waals surface area contributed by atoms with Gasteiger partial charge in [-0.25, -0.2) is 4.79 Å². The van der Waals surface area contributed by atoms with E-state index in [4.69, 9.17) is 5.73 Å². The Morgan fingerprint density at radius 1 is 1.44 bits per heavy atom. The van der Waals surface area contributed by atoms with E-state index in [1.807, 2.05) is 0 Å². The Kier molecular flexibility index (Phi) is 4.29. The Labute approximate surface area is 95.4 Å². The lowest BCUT2D eigenvalue weighted by Crippen LogP contribution is -2.54. The van der Waals surface area contributed by atoms with E-state index in [0.29, 0.717) is 25.8 Å². The zero-order valence-corrected chi connectivity index (χ0v) is 9.66. The van der Waals surface area contributed by atoms with Crippen LogP contribution in [0.25, 0.3) is 0 Å². The van der Waals surface area contributed by atoms with Gasteiger partial charge in [-0.3, -0.25) is 4.79 Å². The first-order valence-electron chi connectivity index (χ1n) is 5.77. The zero-order valence-electron chi connectivity index (χ0n) is 9.66. The van der Waals surface area contributed by atoms with Crippen LogP contribution in [0.4, 0.5) is 0 Å². The van der Waals surface area contributed by atoms with Crippen molar-refractivity contribution >= 4 is 11.9 Å². The van der Waals surface area contributed by atoms with Crippen LogP contribution in [0, 0.1) is 5.92 Å². The largest absolute Gasteiger partial charge is 0.480 e. The van der Waals surface area contributed by atoms with Crippen LogP contribution in [0.3, 0.4) is 0 Å². The Balaban J connectivity index is 2.62. The Morgan fingerprint density at radius 3 is 2.44 bits per heavy atom. The van der Waals surface area contributed by atoms with Crippen LogP contribution in [-0.2, 0) is 9.59 Å². The van der Waals surface area contributed by atoms with Gasteiger partial charge in [-0.1, -0.05) is 19.8 Å². The van der Waals surface area contributed by atoms with Crippen LogP contribution in [0.1, 0.15) is 39.0 Å². The third-order valence-corrected chi connectivity index (χ3v) is 3.28. The SMILES string of the molecule is CC(CCN)C(=O)NC1(C(=O)O)CCCC1. The van der Waals surface area contributed by atoms with Crippen molar-refractivity contribution in [1.82, 2.24) is 5.32 Å². The first kappa shape index (κ1) is 13.0. The molecule has 0 bridgehead atoms. The summed E-state index contributed by atoms with van der Waals surface area (Å²) in [5.74, 6) is -1.34. The lowest BCUT2D eigenvalue weighted by Gasteiger charge is -2.27. The van der Waals surface area contributed by atoms with Gasteiger partial charge >= 0.3 is 5.97 Å². The molecule has 1 unspecified atom stereocenters. The van der Waals surface area contributed by atoms with Crippen LogP contribution < -0.4 is 11.1 Å². The zero-order chi connectivity index (χ0) is 12.2. The van der Waals surface area contributed by atoms with Gasteiger partial charge in [-0.15, -0.1) is 0 Å². The molecule has 0 aromatic rings. The van der Waals surface area contributed by atoms with Crippen molar-refractivity contribution in [2.45, 2.75) is 44.6 Å². The molecule has 4 N–H and O–H groups in total. The highest BCUT2D eigenvalue weighted by molar-refractivity contribution is 5.88. The van der Waals surface area contributed by atoms with Crippen molar-refractivity contribution in [3.63, 3.8) is 0 Å². The van der Waals surface area contributed by atoms with Crippen molar-refractivity contribution < 1.29 is 14.7 Å². The molecule has 0 radical (unpaired) electrons. The molecule has 1 rings (SSSR count). The molecule has 0 aromatic heterocycles. The quantitative estimate of drug-likeness (QED) is 0.638. The van der Waals surface area contributed by atoms with E-state index in [1.165, 1.54) is 0 Å². The molecule has 0 spiro atoms. The molecule has 1 fully saturated rings. The third kappa shape index (κ3) is 2.72. The van der Waals surface area contributed by atoms with Crippen LogP contribution in [0.2, 0.25) is 0 Å². The van der Waals surface area contributed by atoms with Gasteiger partial charge in [0.25, 0.3) is 0 Å². The average Bonchev–Trinajstić information content (AvgIpc) is 2.68. The topological polar surface area (TPSA) is 92.4 Å². The molecule has 1 aliphatic carbocycles. The minimum Gasteiger partial charge on any atom is -0.480 e. The summed E-state index contributed by atoms with van der Waals surface area (Å²) in [7, 11) is 0. The van der Waals surface area contributed by atoms with Crippen LogP contribution in [-0.4, -0.2) is 29.1 Å². The summed E-state index contributed by atoms with van der Waals surface area (Å²) in [4.78, 5) is 23.0. The number of hydrogen-bond acceptors (Lipinski definition) is 3. The number of aliphatic carboxylic acids is 1. The van der Waals surface area contributed by atoms with Gasteiger partial charge in [0, 0.05) is 5.92 Å². The molecule has 16 heavy (non-hydrogen) atoms. The summed E-state index contributed by atoms with van der Waals surface area (Å²) < 4.78 is 0. The van der Waals surface area contributed by atoms with Gasteiger partial charge < -0.3 is 16.2 Å². The second-order valence-electron chi connectivity index (χ2n) is 4.56. The Bertz CT molecular complexity index is 272. The number of carboxylic acids is 1. The molecule has 1 aliphatic rings. The summed E-state index contributed by atoms with van der Waals surface area (Å²) in [5.41, 5.74) is 4.34. The number of carboxylic acid groups (broad SMARTS) is 1. The maximum atomic E-state index is 11.8. The summed E-state index contributed by atoms with van der Waals surface area (Å²) in [5, 5.41) is 11.9. The molecule has 92 valence electrons. The second-order valence-corrected chi connectivity index (χ2v) is 4.56. The van der Waals surface area contributed by atoms with Gasteiger partial charge in [0.1, 0.15) is 5.54 Å². The molecular formula is C11H20N2O3. The van der Waals surface area contributed by atoms with E-state index in [2.05, 4.69) is 5.32 Å². The van der Waals surface area contributed by atoms with E-state index in [0.717, 1.165) is 12.8 Å². The van der Waals surface area contributed by atoms with E-state index in [-0.39, 0.29) is 11.8 Å². The minimum absolute atomic E-state index is 0.199. The van der Waals surface area contributed by atoms with Crippen LogP contribution >= 0.6 is 0 Å². The fourth-order valence-corrected chi connectivity index (χ4v) is 2.11. The van der Waals surface area contributed by atoms with Crippen LogP contribution in [0.5, 0.6) is 0 Å². The lowest BCUT2D eigenvalue weighted by atomic mass is 9.96. The fraction of sp³-hybridized carbons (Fsp3) is 0.818. The normalized spacial score (nSPS) is 20.4. The highest BCUT2D eigenvalue weighted by atomic mass is 16.4. The van der Waals surface area contributed by atoms with Gasteiger partial charge in [-0.05, 0) is 25.8 Å². The molecule has 0 heterocycles. The molecule has 5 nitrogen and oxygen atoms in total. The molecule has 0 aromatic carbocycles. The molecule has 5 heteroatoms. The highest BCUT2D eigenvalue weighted by Gasteiger charge is 2.42. The van der Waals surface area contributed by atoms with Gasteiger partial charge in [0.15, 0.2) is 0 Å². The minimum atomic E-state index is -1.03. The van der Waals surface area contributed by atoms with Crippen molar-refractivity contribution in [2.24, 2.45) is 11.7 Å². The molecule has 1 saturated carbocycles.